The molecule has 1 N–H and O–H groups in total. The van der Waals surface area contributed by atoms with Gasteiger partial charge in [0.2, 0.25) is 0 Å². The van der Waals surface area contributed by atoms with Gasteiger partial charge in [0, 0.05) is 0 Å². The summed E-state index contributed by atoms with van der Waals surface area (Å²) in [6.45, 7) is 0. The molecule has 1 aromatic rings. The molecule has 5 nitrogen and oxygen atoms in total. The van der Waals surface area contributed by atoms with Crippen LogP contribution in [0, 0.1) is 0 Å². The molecule has 0 aliphatic rings. The predicted octanol–water partition coefficient (Wildman–Crippen LogP) is 1.18. The molecule has 0 unspecified atom stereocenters. The van der Waals surface area contributed by atoms with E-state index in [9.17, 15) is 14.4 Å². The summed E-state index contributed by atoms with van der Waals surface area (Å²) in [4.78, 5) is 32.9. The summed E-state index contributed by atoms with van der Waals surface area (Å²) in [5.41, 5.74) is 0.324. The van der Waals surface area contributed by atoms with Gasteiger partial charge in [0.1, 0.15) is 0 Å². The highest BCUT2D eigenvalue weighted by molar-refractivity contribution is 6.82. The Bertz CT molecular complexity index is 444. The highest BCUT2D eigenvalue weighted by Crippen LogP contribution is 2.15. The Labute approximate surface area is 96.3 Å². The van der Waals surface area contributed by atoms with E-state index in [4.69, 9.17) is 11.6 Å². The van der Waals surface area contributed by atoms with Crippen molar-refractivity contribution in [2.24, 2.45) is 0 Å². The van der Waals surface area contributed by atoms with E-state index in [0.29, 0.717) is 0 Å². The first kappa shape index (κ1) is 12.2. The first-order valence-corrected chi connectivity index (χ1v) is 4.62. The number of nitrogens with one attached hydrogen (secondary N) is 1. The number of amides is 1. The zero-order valence-electron chi connectivity index (χ0n) is 8.32. The fourth-order valence-electron chi connectivity index (χ4n) is 1.05. The van der Waals surface area contributed by atoms with Gasteiger partial charge >= 0.3 is 17.1 Å². The number of halogens is 1. The Morgan fingerprint density at radius 2 is 1.88 bits per heavy atom. The van der Waals surface area contributed by atoms with Gasteiger partial charge in [-0.3, -0.25) is 9.59 Å². The number of carbonyl (C=O) groups is 3. The maximum Gasteiger partial charge on any atom is 0.339 e. The third-order valence-corrected chi connectivity index (χ3v) is 1.93. The van der Waals surface area contributed by atoms with Gasteiger partial charge in [-0.15, -0.1) is 0 Å². The molecule has 0 fully saturated rings. The van der Waals surface area contributed by atoms with E-state index in [2.05, 4.69) is 10.1 Å². The first-order chi connectivity index (χ1) is 7.56. The molecule has 1 aromatic carbocycles. The molecule has 0 bridgehead atoms. The van der Waals surface area contributed by atoms with Crippen LogP contribution in [0.4, 0.5) is 5.69 Å². The number of benzene rings is 1. The van der Waals surface area contributed by atoms with Crippen LogP contribution in [0.1, 0.15) is 10.4 Å². The molecule has 0 atom stereocenters. The van der Waals surface area contributed by atoms with Crippen LogP contribution >= 0.6 is 11.6 Å². The summed E-state index contributed by atoms with van der Waals surface area (Å²) in [6.07, 6.45) is 0. The second kappa shape index (κ2) is 5.27. The summed E-state index contributed by atoms with van der Waals surface area (Å²) < 4.78 is 4.51. The Balaban J connectivity index is 3.00. The molecule has 6 heteroatoms. The number of ether oxygens (including phenoxy) is 1. The lowest BCUT2D eigenvalue weighted by atomic mass is 10.2. The molecule has 1 amide bonds. The fraction of sp³-hybridized carbons (Fsp3) is 0.100. The summed E-state index contributed by atoms with van der Waals surface area (Å²) in [7, 11) is 1.22. The average Bonchev–Trinajstić information content (AvgIpc) is 2.28. The van der Waals surface area contributed by atoms with Crippen molar-refractivity contribution in [2.75, 3.05) is 12.4 Å². The van der Waals surface area contributed by atoms with Crippen molar-refractivity contribution in [1.82, 2.24) is 0 Å². The van der Waals surface area contributed by atoms with Crippen LogP contribution in [-0.4, -0.2) is 24.2 Å². The van der Waals surface area contributed by atoms with Gasteiger partial charge in [0.05, 0.1) is 18.4 Å². The lowest BCUT2D eigenvalue weighted by Crippen LogP contribution is -2.20. The molecule has 0 spiro atoms. The van der Waals surface area contributed by atoms with Crippen molar-refractivity contribution in [1.29, 1.82) is 0 Å². The Hall–Kier alpha value is -1.88. The van der Waals surface area contributed by atoms with Crippen molar-refractivity contribution in [3.63, 3.8) is 0 Å². The number of hydrogen-bond donors (Lipinski definition) is 1. The average molecular weight is 242 g/mol. The minimum Gasteiger partial charge on any atom is -0.465 e. The van der Waals surface area contributed by atoms with Crippen LogP contribution in [0.2, 0.25) is 0 Å². The van der Waals surface area contributed by atoms with Gasteiger partial charge in [-0.05, 0) is 23.7 Å². The van der Waals surface area contributed by atoms with Gasteiger partial charge in [0.15, 0.2) is 0 Å². The molecule has 0 aromatic heterocycles. The van der Waals surface area contributed by atoms with Crippen LogP contribution < -0.4 is 5.32 Å². The third-order valence-electron chi connectivity index (χ3n) is 1.76. The largest absolute Gasteiger partial charge is 0.465 e. The van der Waals surface area contributed by atoms with Crippen molar-refractivity contribution in [3.8, 4) is 0 Å². The summed E-state index contributed by atoms with van der Waals surface area (Å²) in [6, 6.07) is 6.12. The van der Waals surface area contributed by atoms with E-state index in [0.717, 1.165) is 0 Å². The number of anilines is 1. The number of para-hydroxylation sites is 1. The van der Waals surface area contributed by atoms with E-state index in [1.54, 1.807) is 12.1 Å². The minimum absolute atomic E-state index is 0.149. The number of rotatable bonds is 3. The molecule has 16 heavy (non-hydrogen) atoms. The monoisotopic (exact) mass is 241 g/mol. The second-order valence-corrected chi connectivity index (χ2v) is 3.11. The van der Waals surface area contributed by atoms with Crippen LogP contribution in [0.25, 0.3) is 0 Å². The summed E-state index contributed by atoms with van der Waals surface area (Å²) in [5, 5.41) is 1.05. The van der Waals surface area contributed by atoms with Gasteiger partial charge in [-0.1, -0.05) is 12.1 Å². The molecule has 0 aliphatic carbocycles. The number of methoxy groups -OCH3 is 1. The molecule has 0 saturated heterocycles. The van der Waals surface area contributed by atoms with E-state index in [1.165, 1.54) is 19.2 Å². The molecule has 0 saturated carbocycles. The van der Waals surface area contributed by atoms with Gasteiger partial charge in [0.25, 0.3) is 0 Å². The Morgan fingerprint density at radius 1 is 1.25 bits per heavy atom. The van der Waals surface area contributed by atoms with Crippen molar-refractivity contribution in [3.05, 3.63) is 29.8 Å². The van der Waals surface area contributed by atoms with Crippen LogP contribution in [0.15, 0.2) is 24.3 Å². The highest BCUT2D eigenvalue weighted by Gasteiger charge is 2.16. The first-order valence-electron chi connectivity index (χ1n) is 4.24. The maximum absolute atomic E-state index is 11.3. The van der Waals surface area contributed by atoms with Crippen LogP contribution in [-0.2, 0) is 14.3 Å². The molecular formula is C10H8ClNO4. The molecule has 0 aliphatic heterocycles. The molecule has 0 radical (unpaired) electrons. The van der Waals surface area contributed by atoms with E-state index < -0.39 is 17.1 Å². The summed E-state index contributed by atoms with van der Waals surface area (Å²) >= 11 is 4.98. The molecular weight excluding hydrogens is 234 g/mol. The Kier molecular flexibility index (Phi) is 4.02. The van der Waals surface area contributed by atoms with Gasteiger partial charge in [-0.2, -0.15) is 0 Å². The van der Waals surface area contributed by atoms with E-state index in [-0.39, 0.29) is 11.3 Å². The number of esters is 1. The second-order valence-electron chi connectivity index (χ2n) is 2.76. The van der Waals surface area contributed by atoms with E-state index >= 15 is 0 Å². The third kappa shape index (κ3) is 2.80. The number of carbonyl (C=O) groups excluding carboxylic acids is 3. The van der Waals surface area contributed by atoms with Gasteiger partial charge < -0.3 is 10.1 Å². The topological polar surface area (TPSA) is 72.5 Å². The Morgan fingerprint density at radius 3 is 2.44 bits per heavy atom. The van der Waals surface area contributed by atoms with Crippen molar-refractivity contribution >= 4 is 34.4 Å². The fourth-order valence-corrected chi connectivity index (χ4v) is 1.10. The smallest absolute Gasteiger partial charge is 0.339 e. The van der Waals surface area contributed by atoms with E-state index in [1.807, 2.05) is 0 Å². The lowest BCUT2D eigenvalue weighted by Gasteiger charge is -2.07. The number of hydrogen-bond acceptors (Lipinski definition) is 4. The minimum atomic E-state index is -1.15. The molecule has 1 rings (SSSR count). The highest BCUT2D eigenvalue weighted by atomic mass is 35.5. The standard InChI is InChI=1S/C10H8ClNO4/c1-16-10(15)6-4-2-3-5-7(6)12-9(14)8(11)13/h2-5H,1H3,(H,12,14). The van der Waals surface area contributed by atoms with Crippen LogP contribution in [0.3, 0.4) is 0 Å². The van der Waals surface area contributed by atoms with Gasteiger partial charge in [-0.25, -0.2) is 4.79 Å². The predicted molar refractivity (Wildman–Crippen MR) is 57.3 cm³/mol. The lowest BCUT2D eigenvalue weighted by molar-refractivity contribution is -0.130. The quantitative estimate of drug-likeness (QED) is 0.490. The van der Waals surface area contributed by atoms with Crippen LogP contribution in [0.5, 0.6) is 0 Å². The molecule has 0 heterocycles. The normalized spacial score (nSPS) is 9.38. The maximum atomic E-state index is 11.3. The SMILES string of the molecule is COC(=O)c1ccccc1NC(=O)C(=O)Cl. The van der Waals surface area contributed by atoms with Crippen molar-refractivity contribution in [2.45, 2.75) is 0 Å². The zero-order valence-corrected chi connectivity index (χ0v) is 9.08. The van der Waals surface area contributed by atoms with Crippen molar-refractivity contribution < 1.29 is 19.1 Å². The summed E-state index contributed by atoms with van der Waals surface area (Å²) in [5.74, 6) is -1.61. The zero-order chi connectivity index (χ0) is 12.1. The molecule has 84 valence electrons.